The number of nitrogens with one attached hydrogen (secondary N) is 1. The lowest BCUT2D eigenvalue weighted by Crippen LogP contribution is -1.99. The lowest BCUT2D eigenvalue weighted by molar-refractivity contribution is 0.472. The van der Waals surface area contributed by atoms with Gasteiger partial charge < -0.3 is 10.4 Å². The summed E-state index contributed by atoms with van der Waals surface area (Å²) < 4.78 is 68.5. The monoisotopic (exact) mass is 667 g/mol. The van der Waals surface area contributed by atoms with Gasteiger partial charge in [0.15, 0.2) is 5.75 Å². The highest BCUT2D eigenvalue weighted by Crippen LogP contribution is 2.43. The van der Waals surface area contributed by atoms with E-state index in [1.54, 1.807) is 30.3 Å². The van der Waals surface area contributed by atoms with Crippen LogP contribution in [-0.2, 0) is 20.2 Å². The summed E-state index contributed by atoms with van der Waals surface area (Å²) in [5.41, 5.74) is 2.85. The van der Waals surface area contributed by atoms with E-state index in [4.69, 9.17) is 0 Å². The number of nitrogens with zero attached hydrogens (tertiary/aromatic N) is 4. The van der Waals surface area contributed by atoms with Gasteiger partial charge in [0.2, 0.25) is 0 Å². The fourth-order valence-electron chi connectivity index (χ4n) is 4.87. The molecule has 0 unspecified atom stereocenters. The summed E-state index contributed by atoms with van der Waals surface area (Å²) in [4.78, 5) is -1.07. The van der Waals surface area contributed by atoms with Crippen molar-refractivity contribution in [3.05, 3.63) is 115 Å². The first-order valence-corrected chi connectivity index (χ1v) is 16.8. The van der Waals surface area contributed by atoms with Gasteiger partial charge in [-0.15, -0.1) is 15.3 Å². The van der Waals surface area contributed by atoms with E-state index in [0.29, 0.717) is 22.1 Å². The minimum atomic E-state index is -4.89. The zero-order chi connectivity index (χ0) is 33.3. The average molecular weight is 668 g/mol. The van der Waals surface area contributed by atoms with E-state index < -0.39 is 41.5 Å². The number of hydrogen-bond donors (Lipinski definition) is 4. The SMILES string of the molecule is Cc1ccc(N=Nc2ccc(N=Nc3c(S(=O)(=O)O)cc4cc(Nc5ccccc5)ccc4c3O)c3ccc(S(=O)(=O)O)cc23)cc1. The second kappa shape index (κ2) is 12.3. The summed E-state index contributed by atoms with van der Waals surface area (Å²) in [7, 11) is -9.47. The third-order valence-corrected chi connectivity index (χ3v) is 8.91. The Labute approximate surface area is 269 Å². The van der Waals surface area contributed by atoms with Crippen molar-refractivity contribution in [1.82, 2.24) is 0 Å². The van der Waals surface area contributed by atoms with Crippen molar-refractivity contribution >= 4 is 75.9 Å². The van der Waals surface area contributed by atoms with Crippen molar-refractivity contribution in [1.29, 1.82) is 0 Å². The van der Waals surface area contributed by atoms with E-state index in [-0.39, 0.29) is 22.1 Å². The molecule has 0 atom stereocenters. The molecule has 0 spiro atoms. The first-order chi connectivity index (χ1) is 22.4. The van der Waals surface area contributed by atoms with Gasteiger partial charge in [0, 0.05) is 27.5 Å². The number of hydrogen-bond acceptors (Lipinski definition) is 10. The van der Waals surface area contributed by atoms with E-state index in [2.05, 4.69) is 25.8 Å². The molecule has 6 aromatic carbocycles. The molecule has 6 aromatic rings. The molecule has 0 aliphatic rings. The highest BCUT2D eigenvalue weighted by Gasteiger charge is 2.22. The van der Waals surface area contributed by atoms with Crippen LogP contribution < -0.4 is 5.32 Å². The average Bonchev–Trinajstić information content (AvgIpc) is 3.03. The molecule has 0 radical (unpaired) electrons. The first kappa shape index (κ1) is 31.4. The molecule has 236 valence electrons. The van der Waals surface area contributed by atoms with Crippen molar-refractivity contribution in [3.63, 3.8) is 0 Å². The topological polar surface area (TPSA) is 190 Å². The molecule has 47 heavy (non-hydrogen) atoms. The molecule has 0 saturated carbocycles. The maximum atomic E-state index is 12.5. The number of rotatable bonds is 8. The minimum absolute atomic E-state index is 0.138. The third kappa shape index (κ3) is 6.85. The molecule has 0 aromatic heterocycles. The Balaban J connectivity index is 1.45. The lowest BCUT2D eigenvalue weighted by Gasteiger charge is -2.12. The van der Waals surface area contributed by atoms with Gasteiger partial charge in [0.05, 0.1) is 22.0 Å². The maximum absolute atomic E-state index is 12.5. The minimum Gasteiger partial charge on any atom is -0.505 e. The molecular weight excluding hydrogens is 643 g/mol. The molecule has 0 bridgehead atoms. The van der Waals surface area contributed by atoms with Gasteiger partial charge in [0.25, 0.3) is 20.2 Å². The molecule has 0 aliphatic carbocycles. The first-order valence-electron chi connectivity index (χ1n) is 13.9. The van der Waals surface area contributed by atoms with Crippen molar-refractivity contribution < 1.29 is 31.0 Å². The zero-order valence-electron chi connectivity index (χ0n) is 24.5. The van der Waals surface area contributed by atoms with Crippen LogP contribution in [0.15, 0.2) is 139 Å². The Hall–Kier alpha value is -5.54. The Morgan fingerprint density at radius 2 is 1.26 bits per heavy atom. The van der Waals surface area contributed by atoms with Gasteiger partial charge in [0.1, 0.15) is 10.6 Å². The maximum Gasteiger partial charge on any atom is 0.296 e. The number of azo groups is 2. The van der Waals surface area contributed by atoms with Crippen LogP contribution in [-0.4, -0.2) is 31.0 Å². The Morgan fingerprint density at radius 1 is 0.596 bits per heavy atom. The van der Waals surface area contributed by atoms with Crippen molar-refractivity contribution in [2.75, 3.05) is 5.32 Å². The summed E-state index contributed by atoms with van der Waals surface area (Å²) in [6, 6.07) is 29.3. The number of anilines is 2. The fourth-order valence-corrected chi connectivity index (χ4v) is 6.03. The number of phenolic OH excluding ortho intramolecular Hbond substituents is 1. The highest BCUT2D eigenvalue weighted by molar-refractivity contribution is 7.86. The number of para-hydroxylation sites is 1. The summed E-state index contributed by atoms with van der Waals surface area (Å²) in [6.07, 6.45) is 0. The lowest BCUT2D eigenvalue weighted by atomic mass is 10.1. The molecule has 14 heteroatoms. The van der Waals surface area contributed by atoms with Crippen LogP contribution in [0.2, 0.25) is 0 Å². The second-order valence-corrected chi connectivity index (χ2v) is 13.3. The van der Waals surface area contributed by atoms with E-state index in [9.17, 15) is 31.0 Å². The predicted molar refractivity (Wildman–Crippen MR) is 178 cm³/mol. The molecule has 12 nitrogen and oxygen atoms in total. The molecule has 4 N–H and O–H groups in total. The summed E-state index contributed by atoms with van der Waals surface area (Å²) in [5.74, 6) is -0.536. The normalized spacial score (nSPS) is 12.4. The van der Waals surface area contributed by atoms with Gasteiger partial charge >= 0.3 is 0 Å². The van der Waals surface area contributed by atoms with E-state index in [1.807, 2.05) is 49.4 Å². The fraction of sp³-hybridized carbons (Fsp3) is 0.0303. The van der Waals surface area contributed by atoms with E-state index >= 15 is 0 Å². The number of benzene rings is 6. The third-order valence-electron chi connectivity index (χ3n) is 7.20. The van der Waals surface area contributed by atoms with Crippen LogP contribution in [0.25, 0.3) is 21.5 Å². The van der Waals surface area contributed by atoms with Crippen LogP contribution in [0.1, 0.15) is 5.56 Å². The van der Waals surface area contributed by atoms with Gasteiger partial charge in [-0.25, -0.2) is 0 Å². The highest BCUT2D eigenvalue weighted by atomic mass is 32.2. The molecule has 0 amide bonds. The van der Waals surface area contributed by atoms with Gasteiger partial charge in [-0.2, -0.15) is 21.9 Å². The standard InChI is InChI=1S/C33H25N5O7S2/c1-20-7-9-23(10-8-20)35-36-30-16-15-29(27-14-12-25(19-28(27)30)46(40,41)42)37-38-32-31(47(43,44)45)18-21-17-24(11-13-26(21)33(32)39)34-22-5-3-2-4-6-22/h2-19,34,39H,1H3,(H,40,41,42)(H,43,44,45). The Kier molecular flexibility index (Phi) is 8.25. The number of fused-ring (bicyclic) bond motifs is 2. The van der Waals surface area contributed by atoms with Crippen LogP contribution in [0, 0.1) is 6.92 Å². The van der Waals surface area contributed by atoms with Gasteiger partial charge in [-0.1, -0.05) is 42.0 Å². The van der Waals surface area contributed by atoms with E-state index in [1.165, 1.54) is 30.3 Å². The largest absolute Gasteiger partial charge is 0.505 e. The smallest absolute Gasteiger partial charge is 0.296 e. The van der Waals surface area contributed by atoms with Crippen LogP contribution in [0.3, 0.4) is 0 Å². The van der Waals surface area contributed by atoms with Crippen LogP contribution >= 0.6 is 0 Å². The summed E-state index contributed by atoms with van der Waals surface area (Å²) >= 11 is 0. The summed E-state index contributed by atoms with van der Waals surface area (Å²) in [6.45, 7) is 1.93. The molecule has 0 fully saturated rings. The molecule has 0 heterocycles. The zero-order valence-corrected chi connectivity index (χ0v) is 26.1. The van der Waals surface area contributed by atoms with E-state index in [0.717, 1.165) is 17.3 Å². The second-order valence-electron chi connectivity index (χ2n) is 10.5. The summed E-state index contributed by atoms with van der Waals surface area (Å²) in [5, 5.41) is 32.2. The quantitative estimate of drug-likeness (QED) is 0.0912. The Bertz CT molecular complexity index is 2450. The predicted octanol–water partition coefficient (Wildman–Crippen LogP) is 9.07. The molecule has 6 rings (SSSR count). The van der Waals surface area contributed by atoms with Crippen LogP contribution in [0.4, 0.5) is 34.1 Å². The Morgan fingerprint density at radius 3 is 1.94 bits per heavy atom. The van der Waals surface area contributed by atoms with Crippen molar-refractivity contribution in [2.45, 2.75) is 16.7 Å². The molecule has 0 aliphatic heterocycles. The van der Waals surface area contributed by atoms with Crippen molar-refractivity contribution in [2.24, 2.45) is 20.5 Å². The van der Waals surface area contributed by atoms with Crippen LogP contribution in [0.5, 0.6) is 5.75 Å². The van der Waals surface area contributed by atoms with Gasteiger partial charge in [-0.3, -0.25) is 9.11 Å². The van der Waals surface area contributed by atoms with Gasteiger partial charge in [-0.05, 0) is 85.1 Å². The number of phenols is 1. The molecular formula is C33H25N5O7S2. The molecule has 0 saturated heterocycles. The number of aryl methyl sites for hydroxylation is 1. The number of aromatic hydroxyl groups is 1. The van der Waals surface area contributed by atoms with Crippen molar-refractivity contribution in [3.8, 4) is 5.75 Å².